The first-order valence-corrected chi connectivity index (χ1v) is 8.53. The van der Waals surface area contributed by atoms with Gasteiger partial charge in [-0.25, -0.2) is 13.6 Å². The third-order valence-corrected chi connectivity index (χ3v) is 4.50. The van der Waals surface area contributed by atoms with Crippen LogP contribution in [0.1, 0.15) is 30.5 Å². The van der Waals surface area contributed by atoms with Crippen LogP contribution in [-0.4, -0.2) is 20.8 Å². The number of primary sulfonamides is 1. The minimum atomic E-state index is -3.48. The summed E-state index contributed by atoms with van der Waals surface area (Å²) in [4.78, 5) is 0. The summed E-state index contributed by atoms with van der Waals surface area (Å²) < 4.78 is 28.4. The number of hydrogen-bond acceptors (Lipinski definition) is 3. The van der Waals surface area contributed by atoms with E-state index in [1.807, 2.05) is 40.7 Å². The third-order valence-electron chi connectivity index (χ3n) is 3.61. The number of hydrogen-bond donors (Lipinski definition) is 1. The maximum Gasteiger partial charge on any atom is 0.209 e. The highest BCUT2D eigenvalue weighted by Crippen LogP contribution is 2.24. The SMILES string of the molecule is Cc1cc(C)c(C)c(OCC(CS(N)(=O)=O)C(C)C)c1. The summed E-state index contributed by atoms with van der Waals surface area (Å²) in [7, 11) is -3.48. The molecule has 20 heavy (non-hydrogen) atoms. The van der Waals surface area contributed by atoms with Crippen molar-refractivity contribution in [3.8, 4) is 5.75 Å². The summed E-state index contributed by atoms with van der Waals surface area (Å²) in [5.41, 5.74) is 3.40. The first-order valence-electron chi connectivity index (χ1n) is 6.81. The Morgan fingerprint density at radius 2 is 1.80 bits per heavy atom. The molecule has 0 aliphatic carbocycles. The van der Waals surface area contributed by atoms with Crippen LogP contribution in [-0.2, 0) is 10.0 Å². The van der Waals surface area contributed by atoms with E-state index in [1.165, 1.54) is 5.56 Å². The highest BCUT2D eigenvalue weighted by molar-refractivity contribution is 7.89. The Kier molecular flexibility index (Phi) is 5.59. The minimum absolute atomic E-state index is 0.0471. The van der Waals surface area contributed by atoms with Crippen LogP contribution < -0.4 is 9.88 Å². The van der Waals surface area contributed by atoms with Crippen LogP contribution in [0.4, 0.5) is 0 Å². The maximum absolute atomic E-state index is 11.3. The third kappa shape index (κ3) is 5.13. The molecule has 1 rings (SSSR count). The molecule has 0 amide bonds. The second-order valence-corrected chi connectivity index (χ2v) is 7.51. The van der Waals surface area contributed by atoms with E-state index < -0.39 is 10.0 Å². The summed E-state index contributed by atoms with van der Waals surface area (Å²) in [5, 5.41) is 5.14. The predicted octanol–water partition coefficient (Wildman–Crippen LogP) is 2.55. The van der Waals surface area contributed by atoms with E-state index in [1.54, 1.807) is 0 Å². The van der Waals surface area contributed by atoms with Crippen LogP contribution in [0.15, 0.2) is 12.1 Å². The molecule has 5 heteroatoms. The van der Waals surface area contributed by atoms with Gasteiger partial charge in [0, 0.05) is 5.92 Å². The largest absolute Gasteiger partial charge is 0.493 e. The zero-order valence-corrected chi connectivity index (χ0v) is 13.8. The summed E-state index contributed by atoms with van der Waals surface area (Å²) >= 11 is 0. The van der Waals surface area contributed by atoms with Gasteiger partial charge < -0.3 is 4.74 Å². The fourth-order valence-corrected chi connectivity index (χ4v) is 3.16. The Morgan fingerprint density at radius 3 is 2.30 bits per heavy atom. The highest BCUT2D eigenvalue weighted by Gasteiger charge is 2.20. The van der Waals surface area contributed by atoms with Crippen LogP contribution in [0.3, 0.4) is 0 Å². The summed E-state index contributed by atoms with van der Waals surface area (Å²) in [5.74, 6) is 0.862. The molecule has 2 N–H and O–H groups in total. The standard InChI is InChI=1S/C15H25NO3S/c1-10(2)14(9-20(16,17)18)8-19-15-7-11(3)6-12(4)13(15)5/h6-7,10,14H,8-9H2,1-5H3,(H2,16,17,18). The first kappa shape index (κ1) is 17.0. The smallest absolute Gasteiger partial charge is 0.209 e. The van der Waals surface area contributed by atoms with Gasteiger partial charge in [-0.2, -0.15) is 0 Å². The molecular formula is C15H25NO3S. The summed E-state index contributed by atoms with van der Waals surface area (Å²) in [6.45, 7) is 10.4. The average molecular weight is 299 g/mol. The monoisotopic (exact) mass is 299 g/mol. The molecule has 0 bridgehead atoms. The molecule has 0 spiro atoms. The van der Waals surface area contributed by atoms with Crippen molar-refractivity contribution in [2.75, 3.05) is 12.4 Å². The molecule has 0 radical (unpaired) electrons. The molecule has 1 aromatic rings. The minimum Gasteiger partial charge on any atom is -0.493 e. The number of nitrogens with two attached hydrogens (primary N) is 1. The van der Waals surface area contributed by atoms with E-state index in [9.17, 15) is 8.42 Å². The van der Waals surface area contributed by atoms with E-state index in [-0.39, 0.29) is 17.6 Å². The fraction of sp³-hybridized carbons (Fsp3) is 0.600. The van der Waals surface area contributed by atoms with Gasteiger partial charge in [-0.3, -0.25) is 0 Å². The Hall–Kier alpha value is -1.07. The van der Waals surface area contributed by atoms with Gasteiger partial charge in [0.25, 0.3) is 0 Å². The van der Waals surface area contributed by atoms with E-state index in [2.05, 4.69) is 6.07 Å². The number of benzene rings is 1. The lowest BCUT2D eigenvalue weighted by molar-refractivity contribution is 0.223. The Bertz CT molecular complexity index is 565. The van der Waals surface area contributed by atoms with Crippen LogP contribution in [0.25, 0.3) is 0 Å². The Labute approximate surface area is 122 Å². The molecule has 114 valence electrons. The molecule has 1 aromatic carbocycles. The van der Waals surface area contributed by atoms with E-state index in [0.717, 1.165) is 16.9 Å². The van der Waals surface area contributed by atoms with Gasteiger partial charge in [0.05, 0.1) is 12.4 Å². The zero-order valence-electron chi connectivity index (χ0n) is 12.9. The fourth-order valence-electron chi connectivity index (χ4n) is 2.08. The molecule has 1 atom stereocenters. The van der Waals surface area contributed by atoms with Crippen molar-refractivity contribution in [3.63, 3.8) is 0 Å². The van der Waals surface area contributed by atoms with Crippen molar-refractivity contribution in [2.45, 2.75) is 34.6 Å². The maximum atomic E-state index is 11.3. The number of aryl methyl sites for hydroxylation is 2. The van der Waals surface area contributed by atoms with Gasteiger partial charge >= 0.3 is 0 Å². The molecule has 4 nitrogen and oxygen atoms in total. The molecule has 0 fully saturated rings. The molecule has 0 heterocycles. The predicted molar refractivity (Wildman–Crippen MR) is 82.5 cm³/mol. The number of sulfonamides is 1. The Balaban J connectivity index is 2.83. The van der Waals surface area contributed by atoms with Crippen molar-refractivity contribution in [1.82, 2.24) is 0 Å². The van der Waals surface area contributed by atoms with E-state index in [0.29, 0.717) is 6.61 Å². The van der Waals surface area contributed by atoms with Gasteiger partial charge in [-0.15, -0.1) is 0 Å². The lowest BCUT2D eigenvalue weighted by Gasteiger charge is -2.21. The zero-order chi connectivity index (χ0) is 15.5. The molecule has 0 aliphatic rings. The van der Waals surface area contributed by atoms with Gasteiger partial charge in [-0.1, -0.05) is 19.9 Å². The molecule has 1 unspecified atom stereocenters. The van der Waals surface area contributed by atoms with Crippen molar-refractivity contribution in [1.29, 1.82) is 0 Å². The molecular weight excluding hydrogens is 274 g/mol. The Morgan fingerprint density at radius 1 is 1.20 bits per heavy atom. The number of rotatable bonds is 6. The van der Waals surface area contributed by atoms with Gasteiger partial charge in [-0.05, 0) is 49.4 Å². The summed E-state index contributed by atoms with van der Waals surface area (Å²) in [6.07, 6.45) is 0. The van der Waals surface area contributed by atoms with Crippen molar-refractivity contribution >= 4 is 10.0 Å². The van der Waals surface area contributed by atoms with Crippen molar-refractivity contribution in [3.05, 3.63) is 28.8 Å². The van der Waals surface area contributed by atoms with Gasteiger partial charge in [0.1, 0.15) is 5.75 Å². The van der Waals surface area contributed by atoms with Crippen LogP contribution >= 0.6 is 0 Å². The molecule has 0 saturated carbocycles. The van der Waals surface area contributed by atoms with Crippen molar-refractivity contribution < 1.29 is 13.2 Å². The topological polar surface area (TPSA) is 69.4 Å². The van der Waals surface area contributed by atoms with Crippen LogP contribution in [0.2, 0.25) is 0 Å². The highest BCUT2D eigenvalue weighted by atomic mass is 32.2. The average Bonchev–Trinajstić information content (AvgIpc) is 2.28. The normalized spacial score (nSPS) is 13.6. The second-order valence-electron chi connectivity index (χ2n) is 5.85. The lowest BCUT2D eigenvalue weighted by atomic mass is 9.99. The van der Waals surface area contributed by atoms with Crippen LogP contribution in [0, 0.1) is 32.6 Å². The van der Waals surface area contributed by atoms with Crippen LogP contribution in [0.5, 0.6) is 5.75 Å². The second kappa shape index (κ2) is 6.59. The number of ether oxygens (including phenoxy) is 1. The van der Waals surface area contributed by atoms with Gasteiger partial charge in [0.2, 0.25) is 10.0 Å². The lowest BCUT2D eigenvalue weighted by Crippen LogP contribution is -2.30. The van der Waals surface area contributed by atoms with Gasteiger partial charge in [0.15, 0.2) is 0 Å². The first-order chi connectivity index (χ1) is 9.10. The quantitative estimate of drug-likeness (QED) is 0.877. The van der Waals surface area contributed by atoms with E-state index >= 15 is 0 Å². The van der Waals surface area contributed by atoms with E-state index in [4.69, 9.17) is 9.88 Å². The van der Waals surface area contributed by atoms with Crippen molar-refractivity contribution in [2.24, 2.45) is 17.0 Å². The summed E-state index contributed by atoms with van der Waals surface area (Å²) in [6, 6.07) is 4.09. The molecule has 0 aromatic heterocycles. The molecule has 0 aliphatic heterocycles. The molecule has 0 saturated heterocycles.